The average Bonchev–Trinajstić information content (AvgIpc) is 2.67. The van der Waals surface area contributed by atoms with Gasteiger partial charge in [-0.05, 0) is 30.2 Å². The number of benzene rings is 2. The van der Waals surface area contributed by atoms with Crippen molar-refractivity contribution in [1.29, 1.82) is 0 Å². The minimum atomic E-state index is -0.294. The van der Waals surface area contributed by atoms with Gasteiger partial charge in [-0.3, -0.25) is 14.4 Å². The number of amides is 3. The first-order valence-corrected chi connectivity index (χ1v) is 8.58. The summed E-state index contributed by atoms with van der Waals surface area (Å²) in [5, 5.41) is 8.01. The third-order valence-electron chi connectivity index (χ3n) is 3.79. The molecule has 6 nitrogen and oxygen atoms in total. The van der Waals surface area contributed by atoms with Crippen molar-refractivity contribution in [3.05, 3.63) is 65.7 Å². The van der Waals surface area contributed by atoms with Gasteiger partial charge in [0, 0.05) is 24.2 Å². The fourth-order valence-corrected chi connectivity index (χ4v) is 2.39. The monoisotopic (exact) mass is 353 g/mol. The molecule has 26 heavy (non-hydrogen) atoms. The molecule has 2 rings (SSSR count). The Morgan fingerprint density at radius 1 is 0.846 bits per heavy atom. The lowest BCUT2D eigenvalue weighted by Gasteiger charge is -2.10. The molecule has 0 saturated heterocycles. The fraction of sp³-hybridized carbons (Fsp3) is 0.250. The van der Waals surface area contributed by atoms with E-state index >= 15 is 0 Å². The van der Waals surface area contributed by atoms with Crippen LogP contribution in [0.3, 0.4) is 0 Å². The van der Waals surface area contributed by atoms with Crippen molar-refractivity contribution in [2.45, 2.75) is 19.8 Å². The Labute approximate surface area is 153 Å². The maximum Gasteiger partial charge on any atom is 0.251 e. The van der Waals surface area contributed by atoms with Crippen LogP contribution in [0.5, 0.6) is 0 Å². The van der Waals surface area contributed by atoms with Gasteiger partial charge < -0.3 is 16.0 Å². The van der Waals surface area contributed by atoms with Crippen molar-refractivity contribution in [3.63, 3.8) is 0 Å². The summed E-state index contributed by atoms with van der Waals surface area (Å²) in [5.41, 5.74) is 2.34. The number of aryl methyl sites for hydroxylation is 1. The number of carbonyl (C=O) groups excluding carboxylic acids is 3. The third-order valence-corrected chi connectivity index (χ3v) is 3.79. The largest absolute Gasteiger partial charge is 0.352 e. The van der Waals surface area contributed by atoms with Crippen LogP contribution in [0.1, 0.15) is 29.3 Å². The zero-order valence-electron chi connectivity index (χ0n) is 14.7. The fourth-order valence-electron chi connectivity index (χ4n) is 2.39. The molecular weight excluding hydrogens is 330 g/mol. The molecule has 0 aromatic heterocycles. The lowest BCUT2D eigenvalue weighted by atomic mass is 10.1. The van der Waals surface area contributed by atoms with Gasteiger partial charge in [0.2, 0.25) is 11.8 Å². The highest BCUT2D eigenvalue weighted by atomic mass is 16.2. The van der Waals surface area contributed by atoms with Crippen molar-refractivity contribution in [1.82, 2.24) is 10.6 Å². The maximum atomic E-state index is 12.0. The van der Waals surface area contributed by atoms with Crippen LogP contribution in [0.15, 0.2) is 54.6 Å². The molecule has 2 aromatic rings. The zero-order valence-corrected chi connectivity index (χ0v) is 14.7. The van der Waals surface area contributed by atoms with Crippen LogP contribution in [0.4, 0.5) is 5.69 Å². The summed E-state index contributed by atoms with van der Waals surface area (Å²) in [5.74, 6) is -0.808. The second-order valence-electron chi connectivity index (χ2n) is 5.71. The summed E-state index contributed by atoms with van der Waals surface area (Å²) < 4.78 is 0. The van der Waals surface area contributed by atoms with Gasteiger partial charge in [-0.1, -0.05) is 43.3 Å². The Hall–Kier alpha value is -3.15. The summed E-state index contributed by atoms with van der Waals surface area (Å²) in [6.07, 6.45) is 0.918. The lowest BCUT2D eigenvalue weighted by molar-refractivity contribution is -0.124. The van der Waals surface area contributed by atoms with Crippen LogP contribution in [0.2, 0.25) is 0 Å². The van der Waals surface area contributed by atoms with Crippen molar-refractivity contribution < 1.29 is 14.4 Å². The van der Waals surface area contributed by atoms with E-state index in [4.69, 9.17) is 0 Å². The Balaban J connectivity index is 1.68. The molecule has 6 heteroatoms. The van der Waals surface area contributed by atoms with Crippen molar-refractivity contribution >= 4 is 23.4 Å². The molecule has 0 radical (unpaired) electrons. The summed E-state index contributed by atoms with van der Waals surface area (Å²) in [6, 6.07) is 16.3. The van der Waals surface area contributed by atoms with E-state index in [9.17, 15) is 14.4 Å². The van der Waals surface area contributed by atoms with Crippen LogP contribution < -0.4 is 16.0 Å². The van der Waals surface area contributed by atoms with Crippen molar-refractivity contribution in [2.75, 3.05) is 18.4 Å². The molecule has 0 spiro atoms. The topological polar surface area (TPSA) is 87.3 Å². The van der Waals surface area contributed by atoms with Gasteiger partial charge in [-0.2, -0.15) is 0 Å². The van der Waals surface area contributed by atoms with E-state index in [0.717, 1.165) is 17.7 Å². The summed E-state index contributed by atoms with van der Waals surface area (Å²) >= 11 is 0. The highest BCUT2D eigenvalue weighted by molar-refractivity contribution is 5.96. The zero-order chi connectivity index (χ0) is 18.8. The highest BCUT2D eigenvalue weighted by Gasteiger charge is 2.09. The second-order valence-corrected chi connectivity index (χ2v) is 5.71. The van der Waals surface area contributed by atoms with E-state index in [1.54, 1.807) is 24.3 Å². The first-order chi connectivity index (χ1) is 12.6. The number of hydrogen-bond donors (Lipinski definition) is 3. The van der Waals surface area contributed by atoms with E-state index in [-0.39, 0.29) is 37.2 Å². The average molecular weight is 353 g/mol. The van der Waals surface area contributed by atoms with E-state index in [2.05, 4.69) is 16.0 Å². The normalized spacial score (nSPS) is 10.0. The molecule has 3 amide bonds. The van der Waals surface area contributed by atoms with E-state index in [1.165, 1.54) is 0 Å². The number of para-hydroxylation sites is 1. The third kappa shape index (κ3) is 6.05. The Bertz CT molecular complexity index is 760. The molecule has 0 heterocycles. The van der Waals surface area contributed by atoms with Crippen LogP contribution in [-0.4, -0.2) is 30.8 Å². The van der Waals surface area contributed by atoms with Gasteiger partial charge in [0.25, 0.3) is 5.91 Å². The first-order valence-electron chi connectivity index (χ1n) is 8.58. The minimum Gasteiger partial charge on any atom is -0.352 e. The Morgan fingerprint density at radius 2 is 1.54 bits per heavy atom. The number of anilines is 1. The van der Waals surface area contributed by atoms with Crippen LogP contribution >= 0.6 is 0 Å². The molecule has 0 aliphatic carbocycles. The quantitative estimate of drug-likeness (QED) is 0.679. The molecule has 0 aliphatic heterocycles. The molecule has 136 valence electrons. The second kappa shape index (κ2) is 9.98. The van der Waals surface area contributed by atoms with E-state index in [0.29, 0.717) is 5.56 Å². The predicted molar refractivity (Wildman–Crippen MR) is 101 cm³/mol. The van der Waals surface area contributed by atoms with Crippen LogP contribution in [-0.2, 0) is 16.0 Å². The number of carbonyl (C=O) groups is 3. The summed E-state index contributed by atoms with van der Waals surface area (Å²) in [4.78, 5) is 35.6. The van der Waals surface area contributed by atoms with Crippen LogP contribution in [0, 0.1) is 0 Å². The standard InChI is InChI=1S/C20H23N3O3/c1-2-15-8-6-7-11-17(15)23-19(25)14-22-18(24)12-13-21-20(26)16-9-4-3-5-10-16/h3-11H,2,12-14H2,1H3,(H,21,26)(H,22,24)(H,23,25). The Kier molecular flexibility index (Phi) is 7.36. The van der Waals surface area contributed by atoms with Crippen LogP contribution in [0.25, 0.3) is 0 Å². The smallest absolute Gasteiger partial charge is 0.251 e. The molecule has 2 aromatic carbocycles. The Morgan fingerprint density at radius 3 is 2.27 bits per heavy atom. The summed E-state index contributed by atoms with van der Waals surface area (Å²) in [6.45, 7) is 2.11. The SMILES string of the molecule is CCc1ccccc1NC(=O)CNC(=O)CCNC(=O)c1ccccc1. The first kappa shape index (κ1) is 19.2. The lowest BCUT2D eigenvalue weighted by Crippen LogP contribution is -2.35. The van der Waals surface area contributed by atoms with Gasteiger partial charge in [0.05, 0.1) is 6.54 Å². The summed E-state index contributed by atoms with van der Waals surface area (Å²) in [7, 11) is 0. The number of nitrogens with one attached hydrogen (secondary N) is 3. The molecule has 0 atom stereocenters. The van der Waals surface area contributed by atoms with Gasteiger partial charge in [0.15, 0.2) is 0 Å². The van der Waals surface area contributed by atoms with Gasteiger partial charge in [0.1, 0.15) is 0 Å². The molecule has 0 bridgehead atoms. The van der Waals surface area contributed by atoms with E-state index < -0.39 is 0 Å². The predicted octanol–water partition coefficient (Wildman–Crippen LogP) is 2.12. The van der Waals surface area contributed by atoms with Crippen molar-refractivity contribution in [3.8, 4) is 0 Å². The number of rotatable bonds is 8. The van der Waals surface area contributed by atoms with Gasteiger partial charge in [-0.15, -0.1) is 0 Å². The maximum absolute atomic E-state index is 12.0. The highest BCUT2D eigenvalue weighted by Crippen LogP contribution is 2.14. The molecule has 0 fully saturated rings. The molecule has 0 aliphatic rings. The van der Waals surface area contributed by atoms with E-state index in [1.807, 2.05) is 37.3 Å². The van der Waals surface area contributed by atoms with Crippen molar-refractivity contribution in [2.24, 2.45) is 0 Å². The molecule has 3 N–H and O–H groups in total. The molecular formula is C20H23N3O3. The number of hydrogen-bond acceptors (Lipinski definition) is 3. The van der Waals surface area contributed by atoms with Gasteiger partial charge >= 0.3 is 0 Å². The van der Waals surface area contributed by atoms with Gasteiger partial charge in [-0.25, -0.2) is 0 Å². The minimum absolute atomic E-state index is 0.108. The molecule has 0 unspecified atom stereocenters. The molecule has 0 saturated carbocycles.